The molecule has 5 heteroatoms. The Morgan fingerprint density at radius 2 is 1.48 bits per heavy atom. The molecule has 0 aromatic carbocycles. The molecule has 0 aliphatic rings. The molecule has 0 fully saturated rings. The van der Waals surface area contributed by atoms with Gasteiger partial charge in [0, 0.05) is 6.54 Å². The predicted octanol–water partition coefficient (Wildman–Crippen LogP) is 5.29. The second-order valence-electron chi connectivity index (χ2n) is 6.19. The Hall–Kier alpha value is -0.870. The van der Waals surface area contributed by atoms with Gasteiger partial charge in [-0.1, -0.05) is 83.2 Å². The zero-order valence-electron chi connectivity index (χ0n) is 14.9. The first kappa shape index (κ1) is 20.2. The summed E-state index contributed by atoms with van der Waals surface area (Å²) in [5, 5.41) is 2.25. The zero-order valence-corrected chi connectivity index (χ0v) is 15.6. The maximum Gasteiger partial charge on any atom is 0.165 e. The lowest BCUT2D eigenvalue weighted by molar-refractivity contribution is 0.554. The van der Waals surface area contributed by atoms with Gasteiger partial charge >= 0.3 is 0 Å². The fraction of sp³-hybridized carbons (Fsp3) is 0.778. The highest BCUT2D eigenvalue weighted by Crippen LogP contribution is 2.24. The summed E-state index contributed by atoms with van der Waals surface area (Å²) in [6.07, 6.45) is 15.5. The van der Waals surface area contributed by atoms with Gasteiger partial charge in [0.1, 0.15) is 11.3 Å². The molecule has 4 nitrogen and oxygen atoms in total. The minimum absolute atomic E-state index is 0.588. The number of hydrogen-bond donors (Lipinski definition) is 1. The Balaban J connectivity index is 2.12. The summed E-state index contributed by atoms with van der Waals surface area (Å²) in [4.78, 5) is 8.38. The van der Waals surface area contributed by atoms with Gasteiger partial charge in [0.25, 0.3) is 0 Å². The SMILES string of the molecule is CCCCCCCCCCCCN(N)c1ncnc(CC)c1Cl. The van der Waals surface area contributed by atoms with Crippen LogP contribution in [-0.2, 0) is 6.42 Å². The van der Waals surface area contributed by atoms with Gasteiger partial charge in [0.05, 0.1) is 5.69 Å². The molecule has 23 heavy (non-hydrogen) atoms. The number of rotatable bonds is 13. The van der Waals surface area contributed by atoms with Gasteiger partial charge in [-0.25, -0.2) is 15.8 Å². The Morgan fingerprint density at radius 3 is 2.04 bits per heavy atom. The highest BCUT2D eigenvalue weighted by atomic mass is 35.5. The van der Waals surface area contributed by atoms with Gasteiger partial charge in [0.2, 0.25) is 0 Å². The standard InChI is InChI=1S/C18H33ClN4/c1-3-5-6-7-8-9-10-11-12-13-14-23(20)18-17(19)16(4-2)21-15-22-18/h15H,3-14,20H2,1-2H3. The minimum atomic E-state index is 0.588. The van der Waals surface area contributed by atoms with E-state index in [1.165, 1.54) is 57.8 Å². The quantitative estimate of drug-likeness (QED) is 0.301. The van der Waals surface area contributed by atoms with E-state index in [2.05, 4.69) is 16.9 Å². The van der Waals surface area contributed by atoms with Crippen molar-refractivity contribution in [1.82, 2.24) is 9.97 Å². The van der Waals surface area contributed by atoms with E-state index in [1.807, 2.05) is 6.92 Å². The maximum atomic E-state index is 6.29. The van der Waals surface area contributed by atoms with Crippen molar-refractivity contribution >= 4 is 17.4 Å². The molecule has 0 radical (unpaired) electrons. The van der Waals surface area contributed by atoms with Crippen molar-refractivity contribution in [1.29, 1.82) is 0 Å². The molecule has 132 valence electrons. The van der Waals surface area contributed by atoms with Crippen molar-refractivity contribution in [3.63, 3.8) is 0 Å². The molecule has 0 aliphatic carbocycles. The summed E-state index contributed by atoms with van der Waals surface area (Å²) >= 11 is 6.29. The van der Waals surface area contributed by atoms with E-state index in [-0.39, 0.29) is 0 Å². The van der Waals surface area contributed by atoms with E-state index in [1.54, 1.807) is 11.3 Å². The second kappa shape index (κ2) is 12.5. The number of aryl methyl sites for hydroxylation is 1. The summed E-state index contributed by atoms with van der Waals surface area (Å²) in [5.74, 6) is 6.73. The lowest BCUT2D eigenvalue weighted by Gasteiger charge is -2.19. The van der Waals surface area contributed by atoms with Crippen molar-refractivity contribution in [3.8, 4) is 0 Å². The number of hydrazine groups is 1. The summed E-state index contributed by atoms with van der Waals surface area (Å²) < 4.78 is 0. The smallest absolute Gasteiger partial charge is 0.165 e. The molecular weight excluding hydrogens is 308 g/mol. The molecule has 1 aromatic heterocycles. The van der Waals surface area contributed by atoms with Crippen LogP contribution >= 0.6 is 11.6 Å². The normalized spacial score (nSPS) is 11.0. The van der Waals surface area contributed by atoms with Crippen molar-refractivity contribution in [2.45, 2.75) is 84.5 Å². The van der Waals surface area contributed by atoms with Crippen LogP contribution in [-0.4, -0.2) is 16.5 Å². The fourth-order valence-electron chi connectivity index (χ4n) is 2.72. The Bertz CT molecular complexity index is 425. The molecule has 0 spiro atoms. The number of unbranched alkanes of at least 4 members (excludes halogenated alkanes) is 9. The van der Waals surface area contributed by atoms with Crippen LogP contribution in [0.15, 0.2) is 6.33 Å². The molecule has 1 heterocycles. The van der Waals surface area contributed by atoms with Crippen LogP contribution in [0.3, 0.4) is 0 Å². The summed E-state index contributed by atoms with van der Waals surface area (Å²) in [7, 11) is 0. The first-order chi connectivity index (χ1) is 11.2. The lowest BCUT2D eigenvalue weighted by atomic mass is 10.1. The van der Waals surface area contributed by atoms with Crippen LogP contribution in [0.4, 0.5) is 5.82 Å². The molecule has 0 saturated heterocycles. The average molecular weight is 341 g/mol. The maximum absolute atomic E-state index is 6.29. The van der Waals surface area contributed by atoms with Gasteiger partial charge in [0.15, 0.2) is 5.82 Å². The van der Waals surface area contributed by atoms with Crippen molar-refractivity contribution in [2.24, 2.45) is 5.84 Å². The van der Waals surface area contributed by atoms with Crippen LogP contribution in [0.25, 0.3) is 0 Å². The van der Waals surface area contributed by atoms with E-state index in [4.69, 9.17) is 17.4 Å². The highest BCUT2D eigenvalue weighted by Gasteiger charge is 2.12. The van der Waals surface area contributed by atoms with E-state index < -0.39 is 0 Å². The molecule has 1 rings (SSSR count). The first-order valence-electron chi connectivity index (χ1n) is 9.22. The monoisotopic (exact) mass is 340 g/mol. The van der Waals surface area contributed by atoms with Gasteiger partial charge in [-0.3, -0.25) is 5.01 Å². The third kappa shape index (κ3) is 7.98. The summed E-state index contributed by atoms with van der Waals surface area (Å²) in [6.45, 7) is 5.08. The molecule has 0 amide bonds. The molecule has 1 aromatic rings. The number of nitrogens with two attached hydrogens (primary N) is 1. The molecule has 0 atom stereocenters. The van der Waals surface area contributed by atoms with Gasteiger partial charge in [-0.2, -0.15) is 0 Å². The Labute approximate surface area is 146 Å². The van der Waals surface area contributed by atoms with E-state index in [0.717, 1.165) is 25.1 Å². The predicted molar refractivity (Wildman–Crippen MR) is 99.8 cm³/mol. The molecule has 0 bridgehead atoms. The molecule has 2 N–H and O–H groups in total. The van der Waals surface area contributed by atoms with Gasteiger partial charge < -0.3 is 0 Å². The number of aromatic nitrogens is 2. The van der Waals surface area contributed by atoms with E-state index >= 15 is 0 Å². The Morgan fingerprint density at radius 1 is 0.913 bits per heavy atom. The van der Waals surface area contributed by atoms with Crippen molar-refractivity contribution in [2.75, 3.05) is 11.6 Å². The van der Waals surface area contributed by atoms with Crippen LogP contribution < -0.4 is 10.9 Å². The summed E-state index contributed by atoms with van der Waals surface area (Å²) in [6, 6.07) is 0. The topological polar surface area (TPSA) is 55.0 Å². The van der Waals surface area contributed by atoms with Crippen LogP contribution in [0.5, 0.6) is 0 Å². The number of halogens is 1. The van der Waals surface area contributed by atoms with Crippen LogP contribution in [0.2, 0.25) is 5.02 Å². The van der Waals surface area contributed by atoms with Crippen LogP contribution in [0.1, 0.15) is 83.7 Å². The number of hydrogen-bond acceptors (Lipinski definition) is 4. The molecule has 0 saturated carbocycles. The lowest BCUT2D eigenvalue weighted by Crippen LogP contribution is -2.33. The van der Waals surface area contributed by atoms with Crippen molar-refractivity contribution in [3.05, 3.63) is 17.0 Å². The third-order valence-corrected chi connectivity index (χ3v) is 4.59. The van der Waals surface area contributed by atoms with E-state index in [0.29, 0.717) is 10.8 Å². The van der Waals surface area contributed by atoms with Gasteiger partial charge in [-0.15, -0.1) is 0 Å². The Kier molecular flexibility index (Phi) is 11.0. The molecule has 0 aliphatic heterocycles. The molecule has 0 unspecified atom stereocenters. The first-order valence-corrected chi connectivity index (χ1v) is 9.60. The number of anilines is 1. The zero-order chi connectivity index (χ0) is 16.9. The van der Waals surface area contributed by atoms with Gasteiger partial charge in [-0.05, 0) is 12.8 Å². The largest absolute Gasteiger partial charge is 0.294 e. The second-order valence-corrected chi connectivity index (χ2v) is 6.56. The minimum Gasteiger partial charge on any atom is -0.294 e. The third-order valence-electron chi connectivity index (χ3n) is 4.20. The highest BCUT2D eigenvalue weighted by molar-refractivity contribution is 6.33. The van der Waals surface area contributed by atoms with E-state index in [9.17, 15) is 0 Å². The summed E-state index contributed by atoms with van der Waals surface area (Å²) in [5.41, 5.74) is 0.857. The fourth-order valence-corrected chi connectivity index (χ4v) is 3.06. The average Bonchev–Trinajstić information content (AvgIpc) is 2.56. The number of nitrogens with zero attached hydrogens (tertiary/aromatic N) is 3. The molecular formula is C18H33ClN4. The van der Waals surface area contributed by atoms with Crippen molar-refractivity contribution < 1.29 is 0 Å². The van der Waals surface area contributed by atoms with Crippen LogP contribution in [0, 0.1) is 0 Å².